The molecule has 134 valence electrons. The highest BCUT2D eigenvalue weighted by Crippen LogP contribution is 2.31. The average Bonchev–Trinajstić information content (AvgIpc) is 2.60. The first kappa shape index (κ1) is 19.0. The Hall–Kier alpha value is -2.30. The second-order valence-corrected chi connectivity index (χ2v) is 6.30. The monoisotopic (exact) mass is 380 g/mol. The molecular formula is C14H10BF5O4S. The van der Waals surface area contributed by atoms with E-state index in [4.69, 9.17) is 4.65 Å². The number of hydrogen-bond acceptors (Lipinski definition) is 4. The van der Waals surface area contributed by atoms with Gasteiger partial charge in [0.25, 0.3) is 0 Å². The predicted octanol–water partition coefficient (Wildman–Crippen LogP) is 3.32. The van der Waals surface area contributed by atoms with Crippen LogP contribution in [0.3, 0.4) is 0 Å². The number of hydrogen-bond donors (Lipinski definition) is 0. The molecule has 4 nitrogen and oxygen atoms in total. The minimum Gasteiger partial charge on any atom is -0.564 e. The van der Waals surface area contributed by atoms with Crippen molar-refractivity contribution >= 4 is 17.6 Å². The lowest BCUT2D eigenvalue weighted by molar-refractivity contribution is 0.346. The summed E-state index contributed by atoms with van der Waals surface area (Å²) < 4.78 is 99.6. The van der Waals surface area contributed by atoms with Gasteiger partial charge in [-0.2, -0.15) is 17.2 Å². The smallest absolute Gasteiger partial charge is 0.339 e. The van der Waals surface area contributed by atoms with Gasteiger partial charge in [0.1, 0.15) is 4.90 Å². The van der Waals surface area contributed by atoms with Gasteiger partial charge in [-0.1, -0.05) is 6.92 Å². The van der Waals surface area contributed by atoms with Crippen molar-refractivity contribution in [3.05, 3.63) is 53.4 Å². The fourth-order valence-electron chi connectivity index (χ4n) is 1.74. The summed E-state index contributed by atoms with van der Waals surface area (Å²) in [5, 5.41) is 0. The molecule has 2 rings (SSSR count). The summed E-state index contributed by atoms with van der Waals surface area (Å²) in [6, 6.07) is 4.52. The standard InChI is InChI=1S/C14H10BF5O4S/c1-2-15-23-7-3-5-8(6-4-7)25(21,22)24-14-12(19)10(17)9(16)11(18)13(14)20/h3-6,15H,2H2,1H3. The largest absolute Gasteiger partial charge is 0.564 e. The van der Waals surface area contributed by atoms with Crippen LogP contribution in [0.25, 0.3) is 0 Å². The number of benzene rings is 2. The van der Waals surface area contributed by atoms with Crippen molar-refractivity contribution in [2.75, 3.05) is 0 Å². The van der Waals surface area contributed by atoms with E-state index in [1.54, 1.807) is 0 Å². The first-order valence-electron chi connectivity index (χ1n) is 6.87. The van der Waals surface area contributed by atoms with E-state index in [-0.39, 0.29) is 0 Å². The lowest BCUT2D eigenvalue weighted by atomic mass is 9.97. The SMILES string of the molecule is CCBOc1ccc(S(=O)(=O)Oc2c(F)c(F)c(F)c(F)c2F)cc1. The summed E-state index contributed by atoms with van der Waals surface area (Å²) >= 11 is 0. The molecule has 0 aliphatic carbocycles. The van der Waals surface area contributed by atoms with Gasteiger partial charge in [0.05, 0.1) is 5.75 Å². The average molecular weight is 380 g/mol. The van der Waals surface area contributed by atoms with Crippen LogP contribution < -0.4 is 8.84 Å². The Morgan fingerprint density at radius 2 is 1.36 bits per heavy atom. The van der Waals surface area contributed by atoms with Crippen LogP contribution in [0.1, 0.15) is 6.92 Å². The van der Waals surface area contributed by atoms with Crippen LogP contribution >= 0.6 is 0 Å². The van der Waals surface area contributed by atoms with E-state index in [1.807, 2.05) is 6.92 Å². The predicted molar refractivity (Wildman–Crippen MR) is 78.7 cm³/mol. The lowest BCUT2D eigenvalue weighted by Gasteiger charge is -2.11. The molecule has 2 aromatic carbocycles. The maximum absolute atomic E-state index is 13.5. The van der Waals surface area contributed by atoms with Crippen molar-refractivity contribution in [3.63, 3.8) is 0 Å². The van der Waals surface area contributed by atoms with Crippen molar-refractivity contribution in [1.82, 2.24) is 0 Å². The fourth-order valence-corrected chi connectivity index (χ4v) is 2.67. The molecule has 0 bridgehead atoms. The molecule has 0 unspecified atom stereocenters. The molecule has 0 saturated heterocycles. The Kier molecular flexibility index (Phi) is 5.56. The molecule has 0 aliphatic rings. The topological polar surface area (TPSA) is 52.6 Å². The quantitative estimate of drug-likeness (QED) is 0.254. The third-order valence-electron chi connectivity index (χ3n) is 2.95. The first-order chi connectivity index (χ1) is 11.7. The molecule has 0 radical (unpaired) electrons. The van der Waals surface area contributed by atoms with E-state index >= 15 is 0 Å². The summed E-state index contributed by atoms with van der Waals surface area (Å²) in [5.74, 6) is -13.4. The first-order valence-corrected chi connectivity index (χ1v) is 8.28. The number of halogens is 5. The Morgan fingerprint density at radius 3 is 1.84 bits per heavy atom. The summed E-state index contributed by atoms with van der Waals surface area (Å²) in [4.78, 5) is -0.555. The van der Waals surface area contributed by atoms with Gasteiger partial charge in [-0.3, -0.25) is 0 Å². The third-order valence-corrected chi connectivity index (χ3v) is 4.18. The summed E-state index contributed by atoms with van der Waals surface area (Å²) in [7, 11) is -4.45. The lowest BCUT2D eigenvalue weighted by Crippen LogP contribution is -2.14. The van der Waals surface area contributed by atoms with E-state index in [2.05, 4.69) is 4.18 Å². The van der Waals surface area contributed by atoms with Crippen molar-refractivity contribution < 1.29 is 39.2 Å². The second kappa shape index (κ2) is 7.30. The minimum absolute atomic E-state index is 0.331. The van der Waals surface area contributed by atoms with Crippen LogP contribution in [0.5, 0.6) is 11.5 Å². The van der Waals surface area contributed by atoms with Gasteiger partial charge < -0.3 is 8.84 Å². The van der Waals surface area contributed by atoms with E-state index in [9.17, 15) is 30.4 Å². The van der Waals surface area contributed by atoms with Crippen molar-refractivity contribution in [2.45, 2.75) is 18.1 Å². The van der Waals surface area contributed by atoms with Crippen molar-refractivity contribution in [3.8, 4) is 11.5 Å². The van der Waals surface area contributed by atoms with Gasteiger partial charge in [0.2, 0.25) is 34.8 Å². The maximum Gasteiger partial charge on any atom is 0.339 e. The van der Waals surface area contributed by atoms with Gasteiger partial charge in [0.15, 0.2) is 0 Å². The zero-order chi connectivity index (χ0) is 18.8. The van der Waals surface area contributed by atoms with Gasteiger partial charge in [0, 0.05) is 0 Å². The number of rotatable bonds is 6. The van der Waals surface area contributed by atoms with Gasteiger partial charge in [-0.25, -0.2) is 13.2 Å². The minimum atomic E-state index is -4.83. The molecule has 25 heavy (non-hydrogen) atoms. The molecule has 0 heterocycles. The van der Waals surface area contributed by atoms with Crippen molar-refractivity contribution in [1.29, 1.82) is 0 Å². The van der Waals surface area contributed by atoms with Gasteiger partial charge >= 0.3 is 17.6 Å². The molecule has 0 atom stereocenters. The van der Waals surface area contributed by atoms with Gasteiger partial charge in [-0.05, 0) is 30.6 Å². The van der Waals surface area contributed by atoms with Crippen LogP contribution in [-0.2, 0) is 10.1 Å². The van der Waals surface area contributed by atoms with Crippen LogP contribution in [0, 0.1) is 29.1 Å². The van der Waals surface area contributed by atoms with Crippen LogP contribution in [0.15, 0.2) is 29.2 Å². The molecule has 0 spiro atoms. The third kappa shape index (κ3) is 3.86. The summed E-state index contributed by atoms with van der Waals surface area (Å²) in [6.07, 6.45) is 0.712. The van der Waals surface area contributed by atoms with E-state index in [0.717, 1.165) is 12.1 Å². The second-order valence-electron chi connectivity index (χ2n) is 4.76. The van der Waals surface area contributed by atoms with E-state index < -0.39 is 49.8 Å². The van der Waals surface area contributed by atoms with E-state index in [1.165, 1.54) is 12.1 Å². The fraction of sp³-hybridized carbons (Fsp3) is 0.143. The summed E-state index contributed by atoms with van der Waals surface area (Å²) in [5.41, 5.74) is 0. The highest BCUT2D eigenvalue weighted by Gasteiger charge is 2.30. The molecular weight excluding hydrogens is 370 g/mol. The van der Waals surface area contributed by atoms with Crippen molar-refractivity contribution in [2.24, 2.45) is 0 Å². The van der Waals surface area contributed by atoms with Crippen LogP contribution in [0.4, 0.5) is 22.0 Å². The Labute approximate surface area is 140 Å². The molecule has 0 saturated carbocycles. The zero-order valence-electron chi connectivity index (χ0n) is 12.7. The molecule has 0 fully saturated rings. The Balaban J connectivity index is 2.37. The molecule has 11 heteroatoms. The molecule has 0 aromatic heterocycles. The Bertz CT molecular complexity index is 858. The zero-order valence-corrected chi connectivity index (χ0v) is 13.5. The van der Waals surface area contributed by atoms with Crippen LogP contribution in [-0.4, -0.2) is 15.9 Å². The highest BCUT2D eigenvalue weighted by atomic mass is 32.2. The molecule has 0 N–H and O–H groups in total. The Morgan fingerprint density at radius 1 is 0.880 bits per heavy atom. The maximum atomic E-state index is 13.5. The molecule has 2 aromatic rings. The normalized spacial score (nSPS) is 11.3. The van der Waals surface area contributed by atoms with E-state index in [0.29, 0.717) is 19.6 Å². The van der Waals surface area contributed by atoms with Gasteiger partial charge in [-0.15, -0.1) is 0 Å². The highest BCUT2D eigenvalue weighted by molar-refractivity contribution is 7.87. The molecule has 0 amide bonds. The van der Waals surface area contributed by atoms with Crippen LogP contribution in [0.2, 0.25) is 6.32 Å². The summed E-state index contributed by atoms with van der Waals surface area (Å²) in [6.45, 7) is 1.86. The molecule has 0 aliphatic heterocycles.